The Morgan fingerprint density at radius 1 is 0.952 bits per heavy atom. The first-order valence-corrected chi connectivity index (χ1v) is 6.82. The Bertz CT molecular complexity index is 583. The van der Waals surface area contributed by atoms with Crippen LogP contribution < -0.4 is 10.2 Å². The predicted octanol–water partition coefficient (Wildman–Crippen LogP) is 1.23. The zero-order chi connectivity index (χ0) is 14.5. The normalized spacial score (nSPS) is 14.9. The van der Waals surface area contributed by atoms with Gasteiger partial charge in [-0.2, -0.15) is 0 Å². The van der Waals surface area contributed by atoms with E-state index in [-0.39, 0.29) is 6.03 Å². The molecule has 0 saturated carbocycles. The highest BCUT2D eigenvalue weighted by Gasteiger charge is 2.22. The number of hydrogen-bond donors (Lipinski definition) is 1. The maximum Gasteiger partial charge on any atom is 0.323 e. The number of anilines is 2. The van der Waals surface area contributed by atoms with Crippen molar-refractivity contribution >= 4 is 17.8 Å². The Morgan fingerprint density at radius 3 is 2.33 bits per heavy atom. The first kappa shape index (κ1) is 13.3. The molecule has 0 aromatic carbocycles. The molecule has 0 radical (unpaired) electrons. The number of nitrogens with zero attached hydrogens (tertiary/aromatic N) is 5. The second-order valence-electron chi connectivity index (χ2n) is 4.67. The summed E-state index contributed by atoms with van der Waals surface area (Å²) >= 11 is 0. The van der Waals surface area contributed by atoms with Crippen molar-refractivity contribution in [3.63, 3.8) is 0 Å². The van der Waals surface area contributed by atoms with Crippen molar-refractivity contribution in [1.29, 1.82) is 0 Å². The van der Waals surface area contributed by atoms with Crippen molar-refractivity contribution in [2.75, 3.05) is 36.4 Å². The van der Waals surface area contributed by atoms with Crippen LogP contribution >= 0.6 is 0 Å². The molecule has 1 fully saturated rings. The van der Waals surface area contributed by atoms with Crippen molar-refractivity contribution in [1.82, 2.24) is 19.9 Å². The van der Waals surface area contributed by atoms with Gasteiger partial charge in [0.25, 0.3) is 0 Å². The molecule has 2 aromatic heterocycles. The highest BCUT2D eigenvalue weighted by Crippen LogP contribution is 2.11. The van der Waals surface area contributed by atoms with Crippen LogP contribution in [0.25, 0.3) is 0 Å². The highest BCUT2D eigenvalue weighted by atomic mass is 16.2. The van der Waals surface area contributed by atoms with Crippen LogP contribution in [0.2, 0.25) is 0 Å². The molecule has 1 saturated heterocycles. The van der Waals surface area contributed by atoms with Crippen LogP contribution in [0.3, 0.4) is 0 Å². The Kier molecular flexibility index (Phi) is 3.90. The third-order valence-electron chi connectivity index (χ3n) is 3.30. The van der Waals surface area contributed by atoms with Gasteiger partial charge in [-0.25, -0.2) is 19.7 Å². The SMILES string of the molecule is O=C(Nc1ccccn1)N1CCN(c2ncccn2)CC1. The first-order chi connectivity index (χ1) is 10.3. The smallest absolute Gasteiger partial charge is 0.323 e. The third kappa shape index (κ3) is 3.25. The number of carbonyl (C=O) groups is 1. The largest absolute Gasteiger partial charge is 0.337 e. The summed E-state index contributed by atoms with van der Waals surface area (Å²) in [6, 6.07) is 7.09. The summed E-state index contributed by atoms with van der Waals surface area (Å²) in [6.07, 6.45) is 5.10. The van der Waals surface area contributed by atoms with Crippen LogP contribution in [0.15, 0.2) is 42.9 Å². The predicted molar refractivity (Wildman–Crippen MR) is 79.1 cm³/mol. The Balaban J connectivity index is 1.55. The van der Waals surface area contributed by atoms with Gasteiger partial charge in [0.2, 0.25) is 5.95 Å². The van der Waals surface area contributed by atoms with Crippen LogP contribution in [0.4, 0.5) is 16.6 Å². The molecule has 0 atom stereocenters. The zero-order valence-electron chi connectivity index (χ0n) is 11.5. The molecule has 7 heteroatoms. The molecule has 0 spiro atoms. The second kappa shape index (κ2) is 6.17. The molecule has 0 aliphatic carbocycles. The molecule has 2 amide bonds. The number of rotatable bonds is 2. The van der Waals surface area contributed by atoms with E-state index in [2.05, 4.69) is 25.2 Å². The van der Waals surface area contributed by atoms with E-state index in [1.165, 1.54) is 0 Å². The lowest BCUT2D eigenvalue weighted by Crippen LogP contribution is -2.50. The lowest BCUT2D eigenvalue weighted by Gasteiger charge is -2.34. The van der Waals surface area contributed by atoms with Crippen molar-refractivity contribution in [3.8, 4) is 0 Å². The molecule has 1 aliphatic rings. The number of hydrogen-bond acceptors (Lipinski definition) is 5. The maximum absolute atomic E-state index is 12.1. The number of nitrogens with one attached hydrogen (secondary N) is 1. The number of piperazine rings is 1. The summed E-state index contributed by atoms with van der Waals surface area (Å²) < 4.78 is 0. The van der Waals surface area contributed by atoms with E-state index in [4.69, 9.17) is 0 Å². The average Bonchev–Trinajstić information content (AvgIpc) is 2.57. The monoisotopic (exact) mass is 284 g/mol. The van der Waals surface area contributed by atoms with E-state index in [9.17, 15) is 4.79 Å². The van der Waals surface area contributed by atoms with Crippen LogP contribution in [-0.4, -0.2) is 52.1 Å². The van der Waals surface area contributed by atoms with E-state index in [0.717, 1.165) is 13.1 Å². The van der Waals surface area contributed by atoms with E-state index >= 15 is 0 Å². The summed E-state index contributed by atoms with van der Waals surface area (Å²) in [7, 11) is 0. The van der Waals surface area contributed by atoms with Gasteiger partial charge in [-0.3, -0.25) is 5.32 Å². The van der Waals surface area contributed by atoms with E-state index in [0.29, 0.717) is 24.9 Å². The molecule has 2 aromatic rings. The van der Waals surface area contributed by atoms with Gasteiger partial charge < -0.3 is 9.80 Å². The van der Waals surface area contributed by atoms with Crippen molar-refractivity contribution in [3.05, 3.63) is 42.9 Å². The molecule has 7 nitrogen and oxygen atoms in total. The van der Waals surface area contributed by atoms with Gasteiger partial charge >= 0.3 is 6.03 Å². The van der Waals surface area contributed by atoms with E-state index < -0.39 is 0 Å². The molecule has 1 N–H and O–H groups in total. The van der Waals surface area contributed by atoms with E-state index in [1.807, 2.05) is 12.1 Å². The van der Waals surface area contributed by atoms with Gasteiger partial charge in [0.15, 0.2) is 0 Å². The van der Waals surface area contributed by atoms with Gasteiger partial charge in [0, 0.05) is 44.8 Å². The minimum Gasteiger partial charge on any atom is -0.337 e. The standard InChI is InChI=1S/C14H16N6O/c21-14(18-12-4-1-2-5-15-12)20-10-8-19(9-11-20)13-16-6-3-7-17-13/h1-7H,8-11H2,(H,15,18,21). The molecule has 3 rings (SSSR count). The lowest BCUT2D eigenvalue weighted by atomic mass is 10.3. The second-order valence-corrected chi connectivity index (χ2v) is 4.67. The maximum atomic E-state index is 12.1. The molecule has 21 heavy (non-hydrogen) atoms. The van der Waals surface area contributed by atoms with Crippen molar-refractivity contribution in [2.24, 2.45) is 0 Å². The molecule has 1 aliphatic heterocycles. The van der Waals surface area contributed by atoms with Gasteiger partial charge in [0.1, 0.15) is 5.82 Å². The number of urea groups is 1. The number of carbonyl (C=O) groups excluding carboxylic acids is 1. The molecular weight excluding hydrogens is 268 g/mol. The Morgan fingerprint density at radius 2 is 1.67 bits per heavy atom. The van der Waals surface area contributed by atoms with E-state index in [1.54, 1.807) is 35.6 Å². The number of pyridine rings is 1. The fraction of sp³-hybridized carbons (Fsp3) is 0.286. The quantitative estimate of drug-likeness (QED) is 0.897. The van der Waals surface area contributed by atoms with Crippen LogP contribution in [0.5, 0.6) is 0 Å². The molecular formula is C14H16N6O. The molecule has 0 unspecified atom stereocenters. The van der Waals surface area contributed by atoms with Gasteiger partial charge in [-0.1, -0.05) is 6.07 Å². The summed E-state index contributed by atoms with van der Waals surface area (Å²) in [6.45, 7) is 2.72. The van der Waals surface area contributed by atoms with Crippen molar-refractivity contribution in [2.45, 2.75) is 0 Å². The van der Waals surface area contributed by atoms with Gasteiger partial charge in [0.05, 0.1) is 0 Å². The zero-order valence-corrected chi connectivity index (χ0v) is 11.5. The number of amides is 2. The summed E-state index contributed by atoms with van der Waals surface area (Å²) in [4.78, 5) is 28.5. The topological polar surface area (TPSA) is 74.2 Å². The molecule has 108 valence electrons. The average molecular weight is 284 g/mol. The highest BCUT2D eigenvalue weighted by molar-refractivity contribution is 5.88. The number of aromatic nitrogens is 3. The lowest BCUT2D eigenvalue weighted by molar-refractivity contribution is 0.208. The minimum atomic E-state index is -0.123. The minimum absolute atomic E-state index is 0.123. The fourth-order valence-corrected chi connectivity index (χ4v) is 2.19. The summed E-state index contributed by atoms with van der Waals surface area (Å²) in [5, 5.41) is 2.79. The molecule has 0 bridgehead atoms. The van der Waals surface area contributed by atoms with Gasteiger partial charge in [-0.05, 0) is 18.2 Å². The summed E-state index contributed by atoms with van der Waals surface area (Å²) in [5.74, 6) is 1.28. The fourth-order valence-electron chi connectivity index (χ4n) is 2.19. The molecule has 3 heterocycles. The van der Waals surface area contributed by atoms with Crippen LogP contribution in [-0.2, 0) is 0 Å². The van der Waals surface area contributed by atoms with Crippen LogP contribution in [0.1, 0.15) is 0 Å². The van der Waals surface area contributed by atoms with Crippen molar-refractivity contribution < 1.29 is 4.79 Å². The Labute approximate surface area is 122 Å². The third-order valence-corrected chi connectivity index (χ3v) is 3.30. The summed E-state index contributed by atoms with van der Waals surface area (Å²) in [5.41, 5.74) is 0. The Hall–Kier alpha value is -2.70. The first-order valence-electron chi connectivity index (χ1n) is 6.82. The van der Waals surface area contributed by atoms with Crippen LogP contribution in [0, 0.1) is 0 Å². The van der Waals surface area contributed by atoms with Gasteiger partial charge in [-0.15, -0.1) is 0 Å².